The van der Waals surface area contributed by atoms with Crippen molar-refractivity contribution in [1.29, 1.82) is 0 Å². The second-order valence-corrected chi connectivity index (χ2v) is 4.56. The first kappa shape index (κ1) is 16.7. The molecule has 0 aromatic heterocycles. The molecule has 0 aliphatic rings. The maximum atomic E-state index is 11.9. The van der Waals surface area contributed by atoms with Gasteiger partial charge in [0.1, 0.15) is 0 Å². The van der Waals surface area contributed by atoms with Gasteiger partial charge in [-0.3, -0.25) is 14.4 Å². The van der Waals surface area contributed by atoms with Crippen molar-refractivity contribution in [2.24, 2.45) is 0 Å². The van der Waals surface area contributed by atoms with Crippen molar-refractivity contribution in [2.75, 3.05) is 19.6 Å². The molecule has 0 aliphatic heterocycles. The fraction of sp³-hybridized carbons (Fsp3) is 0.400. The molecule has 0 radical (unpaired) electrons. The predicted molar refractivity (Wildman–Crippen MR) is 77.7 cm³/mol. The minimum Gasteiger partial charge on any atom is -0.481 e. The first-order valence-corrected chi connectivity index (χ1v) is 6.83. The molecule has 0 saturated carbocycles. The molecule has 0 spiro atoms. The van der Waals surface area contributed by atoms with Crippen LogP contribution in [0.25, 0.3) is 0 Å². The van der Waals surface area contributed by atoms with Crippen LogP contribution in [0, 0.1) is 0 Å². The van der Waals surface area contributed by atoms with Gasteiger partial charge in [0.05, 0.1) is 19.4 Å². The maximum Gasteiger partial charge on any atom is 0.305 e. The van der Waals surface area contributed by atoms with E-state index in [9.17, 15) is 14.4 Å². The zero-order valence-corrected chi connectivity index (χ0v) is 12.0. The topological polar surface area (TPSA) is 86.7 Å². The molecule has 114 valence electrons. The van der Waals surface area contributed by atoms with Crippen LogP contribution in [0.1, 0.15) is 18.9 Å². The van der Waals surface area contributed by atoms with Crippen molar-refractivity contribution in [1.82, 2.24) is 10.2 Å². The summed E-state index contributed by atoms with van der Waals surface area (Å²) in [5, 5.41) is 11.2. The van der Waals surface area contributed by atoms with E-state index in [2.05, 4.69) is 5.32 Å². The summed E-state index contributed by atoms with van der Waals surface area (Å²) in [6, 6.07) is 9.24. The number of hydrogen-bond donors (Lipinski definition) is 2. The van der Waals surface area contributed by atoms with Crippen molar-refractivity contribution >= 4 is 17.8 Å². The Morgan fingerprint density at radius 1 is 1.19 bits per heavy atom. The van der Waals surface area contributed by atoms with E-state index in [1.807, 2.05) is 30.3 Å². The number of carbonyl (C=O) groups is 3. The molecule has 0 heterocycles. The number of rotatable bonds is 8. The molecule has 0 saturated heterocycles. The summed E-state index contributed by atoms with van der Waals surface area (Å²) >= 11 is 0. The zero-order valence-electron chi connectivity index (χ0n) is 12.0. The van der Waals surface area contributed by atoms with Gasteiger partial charge >= 0.3 is 5.97 Å². The molecule has 2 amide bonds. The molecule has 1 rings (SSSR count). The van der Waals surface area contributed by atoms with Gasteiger partial charge < -0.3 is 15.3 Å². The number of amides is 2. The smallest absolute Gasteiger partial charge is 0.305 e. The summed E-state index contributed by atoms with van der Waals surface area (Å²) in [4.78, 5) is 35.5. The molecule has 2 N–H and O–H groups in total. The van der Waals surface area contributed by atoms with E-state index in [4.69, 9.17) is 5.11 Å². The Balaban J connectivity index is 2.37. The van der Waals surface area contributed by atoms with Gasteiger partial charge in [0.25, 0.3) is 0 Å². The lowest BCUT2D eigenvalue weighted by Gasteiger charge is -2.20. The molecular weight excluding hydrogens is 272 g/mol. The van der Waals surface area contributed by atoms with Gasteiger partial charge in [-0.15, -0.1) is 0 Å². The van der Waals surface area contributed by atoms with E-state index in [1.54, 1.807) is 6.92 Å². The average Bonchev–Trinajstić information content (AvgIpc) is 2.46. The van der Waals surface area contributed by atoms with Crippen molar-refractivity contribution in [3.63, 3.8) is 0 Å². The van der Waals surface area contributed by atoms with E-state index >= 15 is 0 Å². The molecule has 0 unspecified atom stereocenters. The highest BCUT2D eigenvalue weighted by atomic mass is 16.4. The van der Waals surface area contributed by atoms with Crippen LogP contribution in [0.3, 0.4) is 0 Å². The Morgan fingerprint density at radius 3 is 2.43 bits per heavy atom. The molecule has 0 fully saturated rings. The highest BCUT2D eigenvalue weighted by molar-refractivity contribution is 5.85. The van der Waals surface area contributed by atoms with Crippen molar-refractivity contribution < 1.29 is 19.5 Å². The van der Waals surface area contributed by atoms with E-state index < -0.39 is 5.97 Å². The third-order valence-corrected chi connectivity index (χ3v) is 2.97. The number of carbonyl (C=O) groups excluding carboxylic acids is 2. The Labute approximate surface area is 123 Å². The van der Waals surface area contributed by atoms with Crippen LogP contribution in [0.5, 0.6) is 0 Å². The summed E-state index contributed by atoms with van der Waals surface area (Å²) < 4.78 is 0. The quantitative estimate of drug-likeness (QED) is 0.737. The number of nitrogens with one attached hydrogen (secondary N) is 1. The molecule has 1 aromatic rings. The number of aliphatic carboxylic acids is 1. The van der Waals surface area contributed by atoms with Gasteiger partial charge in [0, 0.05) is 13.1 Å². The lowest BCUT2D eigenvalue weighted by molar-refractivity contribution is -0.138. The highest BCUT2D eigenvalue weighted by Gasteiger charge is 2.14. The minimum absolute atomic E-state index is 0.0997. The van der Waals surface area contributed by atoms with Crippen LogP contribution >= 0.6 is 0 Å². The van der Waals surface area contributed by atoms with Gasteiger partial charge in [0.2, 0.25) is 11.8 Å². The summed E-state index contributed by atoms with van der Waals surface area (Å²) in [7, 11) is 0. The highest BCUT2D eigenvalue weighted by Crippen LogP contribution is 1.99. The van der Waals surface area contributed by atoms with E-state index in [0.717, 1.165) is 5.56 Å². The molecule has 0 atom stereocenters. The van der Waals surface area contributed by atoms with Crippen molar-refractivity contribution in [2.45, 2.75) is 19.8 Å². The third kappa shape index (κ3) is 6.56. The summed E-state index contributed by atoms with van der Waals surface area (Å²) in [6.07, 6.45) is 0.118. The van der Waals surface area contributed by atoms with Crippen molar-refractivity contribution in [3.05, 3.63) is 35.9 Å². The maximum absolute atomic E-state index is 11.9. The molecule has 6 nitrogen and oxygen atoms in total. The van der Waals surface area contributed by atoms with Gasteiger partial charge in [-0.05, 0) is 12.5 Å². The molecule has 21 heavy (non-hydrogen) atoms. The fourth-order valence-electron chi connectivity index (χ4n) is 1.82. The van der Waals surface area contributed by atoms with E-state index in [-0.39, 0.29) is 37.7 Å². The normalized spacial score (nSPS) is 9.95. The first-order chi connectivity index (χ1) is 10.0. The Morgan fingerprint density at radius 2 is 1.86 bits per heavy atom. The second kappa shape index (κ2) is 8.73. The van der Waals surface area contributed by atoms with Crippen LogP contribution < -0.4 is 5.32 Å². The monoisotopic (exact) mass is 292 g/mol. The number of nitrogens with zero attached hydrogens (tertiary/aromatic N) is 1. The number of likely N-dealkylation sites (N-methyl/N-ethyl adjacent to an activating group) is 1. The first-order valence-electron chi connectivity index (χ1n) is 6.83. The van der Waals surface area contributed by atoms with E-state index in [1.165, 1.54) is 4.90 Å². The average molecular weight is 292 g/mol. The lowest BCUT2D eigenvalue weighted by atomic mass is 10.1. The van der Waals surface area contributed by atoms with Crippen LogP contribution in [0.2, 0.25) is 0 Å². The fourth-order valence-corrected chi connectivity index (χ4v) is 1.82. The van der Waals surface area contributed by atoms with Crippen LogP contribution in [0.4, 0.5) is 0 Å². The number of carboxylic acid groups (broad SMARTS) is 1. The summed E-state index contributed by atoms with van der Waals surface area (Å²) in [5.74, 6) is -1.46. The van der Waals surface area contributed by atoms with Crippen LogP contribution in [-0.4, -0.2) is 47.4 Å². The molecule has 6 heteroatoms. The summed E-state index contributed by atoms with van der Waals surface area (Å²) in [5.41, 5.74) is 0.876. The summed E-state index contributed by atoms with van der Waals surface area (Å²) in [6.45, 7) is 2.23. The number of carboxylic acids is 1. The van der Waals surface area contributed by atoms with E-state index in [0.29, 0.717) is 6.54 Å². The van der Waals surface area contributed by atoms with Gasteiger partial charge in [-0.2, -0.15) is 0 Å². The van der Waals surface area contributed by atoms with Gasteiger partial charge in [-0.1, -0.05) is 30.3 Å². The Bertz CT molecular complexity index is 488. The Hall–Kier alpha value is -2.37. The third-order valence-electron chi connectivity index (χ3n) is 2.97. The Kier molecular flexibility index (Phi) is 6.94. The number of benzene rings is 1. The zero-order chi connectivity index (χ0) is 15.7. The minimum atomic E-state index is -0.950. The van der Waals surface area contributed by atoms with Crippen LogP contribution in [-0.2, 0) is 20.8 Å². The largest absolute Gasteiger partial charge is 0.481 e. The predicted octanol–water partition coefficient (Wildman–Crippen LogP) is 0.669. The second-order valence-electron chi connectivity index (χ2n) is 4.56. The van der Waals surface area contributed by atoms with Gasteiger partial charge in [0.15, 0.2) is 0 Å². The van der Waals surface area contributed by atoms with Gasteiger partial charge in [-0.25, -0.2) is 0 Å². The number of hydrogen-bond acceptors (Lipinski definition) is 3. The SMILES string of the molecule is CCN(CCC(=O)O)C(=O)CNC(=O)Cc1ccccc1. The molecular formula is C15H20N2O4. The molecule has 1 aromatic carbocycles. The molecule has 0 bridgehead atoms. The lowest BCUT2D eigenvalue weighted by Crippen LogP contribution is -2.41. The standard InChI is InChI=1S/C15H20N2O4/c1-2-17(9-8-15(20)21)14(19)11-16-13(18)10-12-6-4-3-5-7-12/h3-7H,2,8-11H2,1H3,(H,16,18)(H,20,21). The molecule has 0 aliphatic carbocycles. The van der Waals surface area contributed by atoms with Crippen molar-refractivity contribution in [3.8, 4) is 0 Å². The van der Waals surface area contributed by atoms with Crippen LogP contribution in [0.15, 0.2) is 30.3 Å².